The molecule has 0 aliphatic carbocycles. The van der Waals surface area contributed by atoms with Crippen LogP contribution in [0.3, 0.4) is 0 Å². The Morgan fingerprint density at radius 3 is 2.69 bits per heavy atom. The summed E-state index contributed by atoms with van der Waals surface area (Å²) in [5, 5.41) is 0. The number of hydrogen-bond donors (Lipinski definition) is 0. The predicted octanol–water partition coefficient (Wildman–Crippen LogP) is 3.32. The van der Waals surface area contributed by atoms with Crippen LogP contribution in [0.4, 0.5) is 0 Å². The van der Waals surface area contributed by atoms with Crippen LogP contribution in [0.5, 0.6) is 0 Å². The predicted molar refractivity (Wildman–Crippen MR) is 58.1 cm³/mol. The van der Waals surface area contributed by atoms with Crippen molar-refractivity contribution in [1.29, 1.82) is 0 Å². The molecule has 0 saturated carbocycles. The molecule has 0 atom stereocenters. The third-order valence-electron chi connectivity index (χ3n) is 1.75. The third-order valence-corrected chi connectivity index (χ3v) is 2.53. The zero-order valence-electron chi connectivity index (χ0n) is 7.31. The van der Waals surface area contributed by atoms with Gasteiger partial charge in [-0.25, -0.2) is 0 Å². The molecule has 0 saturated heterocycles. The van der Waals surface area contributed by atoms with Gasteiger partial charge in [-0.3, -0.25) is 4.79 Å². The number of carbonyl (C=O) groups excluding carboxylic acids is 1. The summed E-state index contributed by atoms with van der Waals surface area (Å²) in [6, 6.07) is 5.81. The Morgan fingerprint density at radius 2 is 2.15 bits per heavy atom. The smallest absolute Gasteiger partial charge is 0.134 e. The number of ketones is 1. The molecular weight excluding hydrogens is 251 g/mol. The fourth-order valence-corrected chi connectivity index (χ4v) is 1.82. The molecule has 0 radical (unpaired) electrons. The lowest BCUT2D eigenvalue weighted by molar-refractivity contribution is -0.116. The summed E-state index contributed by atoms with van der Waals surface area (Å²) in [7, 11) is 0. The summed E-state index contributed by atoms with van der Waals surface area (Å²) in [4.78, 5) is 10.9. The van der Waals surface area contributed by atoms with E-state index in [1.54, 1.807) is 6.92 Å². The van der Waals surface area contributed by atoms with Crippen LogP contribution in [0, 0.1) is 0 Å². The van der Waals surface area contributed by atoms with Gasteiger partial charge < -0.3 is 0 Å². The van der Waals surface area contributed by atoms with E-state index in [1.165, 1.54) is 0 Å². The first-order valence-electron chi connectivity index (χ1n) is 3.96. The molecule has 0 bridgehead atoms. The molecule has 0 heterocycles. The largest absolute Gasteiger partial charge is 0.300 e. The van der Waals surface area contributed by atoms with E-state index < -0.39 is 0 Å². The lowest BCUT2D eigenvalue weighted by Crippen LogP contribution is -1.99. The fraction of sp³-hybridized carbons (Fsp3) is 0.300. The highest BCUT2D eigenvalue weighted by molar-refractivity contribution is 9.10. The number of benzene rings is 1. The van der Waals surface area contributed by atoms with Crippen LogP contribution in [0.2, 0.25) is 0 Å². The molecule has 1 aromatic carbocycles. The zero-order valence-corrected chi connectivity index (χ0v) is 9.65. The quantitative estimate of drug-likeness (QED) is 0.763. The first-order valence-corrected chi connectivity index (χ1v) is 5.29. The molecule has 0 unspecified atom stereocenters. The van der Waals surface area contributed by atoms with E-state index in [-0.39, 0.29) is 5.78 Å². The first kappa shape index (κ1) is 10.7. The van der Waals surface area contributed by atoms with Crippen LogP contribution in [-0.4, -0.2) is 5.78 Å². The van der Waals surface area contributed by atoms with Gasteiger partial charge in [-0.15, -0.1) is 11.6 Å². The van der Waals surface area contributed by atoms with Gasteiger partial charge in [-0.1, -0.05) is 22.0 Å². The van der Waals surface area contributed by atoms with E-state index in [4.69, 9.17) is 11.6 Å². The molecule has 13 heavy (non-hydrogen) atoms. The van der Waals surface area contributed by atoms with E-state index in [2.05, 4.69) is 15.9 Å². The number of carbonyl (C=O) groups is 1. The van der Waals surface area contributed by atoms with Gasteiger partial charge in [0.25, 0.3) is 0 Å². The monoisotopic (exact) mass is 260 g/mol. The van der Waals surface area contributed by atoms with Crippen molar-refractivity contribution >= 4 is 33.3 Å². The molecule has 1 nitrogen and oxygen atoms in total. The van der Waals surface area contributed by atoms with Crippen LogP contribution in [0.1, 0.15) is 18.1 Å². The standard InChI is InChI=1S/C10H10BrClO/c1-7(13)4-8-2-3-10(11)5-9(8)6-12/h2-3,5H,4,6H2,1H3. The van der Waals surface area contributed by atoms with Crippen LogP contribution >= 0.6 is 27.5 Å². The maximum atomic E-state index is 10.9. The minimum atomic E-state index is 0.161. The SMILES string of the molecule is CC(=O)Cc1ccc(Br)cc1CCl. The number of hydrogen-bond acceptors (Lipinski definition) is 1. The highest BCUT2D eigenvalue weighted by atomic mass is 79.9. The molecule has 70 valence electrons. The molecule has 1 rings (SSSR count). The van der Waals surface area contributed by atoms with Crippen LogP contribution in [0.15, 0.2) is 22.7 Å². The molecule has 0 spiro atoms. The molecule has 0 N–H and O–H groups in total. The van der Waals surface area contributed by atoms with Crippen molar-refractivity contribution in [2.45, 2.75) is 19.2 Å². The summed E-state index contributed by atoms with van der Waals surface area (Å²) in [6.07, 6.45) is 0.468. The van der Waals surface area contributed by atoms with Gasteiger partial charge in [-0.2, -0.15) is 0 Å². The van der Waals surface area contributed by atoms with Gasteiger partial charge in [0.1, 0.15) is 5.78 Å². The summed E-state index contributed by atoms with van der Waals surface area (Å²) in [5.74, 6) is 0.607. The highest BCUT2D eigenvalue weighted by Crippen LogP contribution is 2.19. The number of alkyl halides is 1. The zero-order chi connectivity index (χ0) is 9.84. The fourth-order valence-electron chi connectivity index (χ4n) is 1.16. The Labute approximate surface area is 91.2 Å². The highest BCUT2D eigenvalue weighted by Gasteiger charge is 2.04. The molecule has 0 aromatic heterocycles. The second-order valence-corrected chi connectivity index (χ2v) is 4.11. The molecule has 0 aliphatic rings. The van der Waals surface area contributed by atoms with Gasteiger partial charge in [0.15, 0.2) is 0 Å². The van der Waals surface area contributed by atoms with Crippen molar-refractivity contribution in [2.24, 2.45) is 0 Å². The van der Waals surface area contributed by atoms with Crippen molar-refractivity contribution in [1.82, 2.24) is 0 Å². The van der Waals surface area contributed by atoms with Crippen molar-refractivity contribution in [3.8, 4) is 0 Å². The summed E-state index contributed by atoms with van der Waals surface area (Å²) in [6.45, 7) is 1.58. The van der Waals surface area contributed by atoms with Crippen molar-refractivity contribution in [3.05, 3.63) is 33.8 Å². The van der Waals surface area contributed by atoms with E-state index in [0.29, 0.717) is 12.3 Å². The average molecular weight is 262 g/mol. The Balaban J connectivity index is 2.99. The molecule has 0 aliphatic heterocycles. The third kappa shape index (κ3) is 3.12. The lowest BCUT2D eigenvalue weighted by atomic mass is 10.0. The molecule has 0 fully saturated rings. The van der Waals surface area contributed by atoms with Crippen molar-refractivity contribution in [3.63, 3.8) is 0 Å². The van der Waals surface area contributed by atoms with E-state index >= 15 is 0 Å². The minimum absolute atomic E-state index is 0.161. The van der Waals surface area contributed by atoms with E-state index in [0.717, 1.165) is 15.6 Å². The average Bonchev–Trinajstić information content (AvgIpc) is 2.07. The second kappa shape index (κ2) is 4.77. The molecule has 0 amide bonds. The first-order chi connectivity index (χ1) is 6.13. The second-order valence-electron chi connectivity index (χ2n) is 2.93. The maximum Gasteiger partial charge on any atom is 0.134 e. The molecular formula is C10H10BrClO. The van der Waals surface area contributed by atoms with Gasteiger partial charge in [0.2, 0.25) is 0 Å². The molecule has 3 heteroatoms. The van der Waals surface area contributed by atoms with Crippen LogP contribution in [-0.2, 0) is 17.1 Å². The number of rotatable bonds is 3. The van der Waals surface area contributed by atoms with Crippen molar-refractivity contribution < 1.29 is 4.79 Å². The van der Waals surface area contributed by atoms with Gasteiger partial charge >= 0.3 is 0 Å². The lowest BCUT2D eigenvalue weighted by Gasteiger charge is -2.05. The van der Waals surface area contributed by atoms with E-state index in [1.807, 2.05) is 18.2 Å². The van der Waals surface area contributed by atoms with Crippen LogP contribution < -0.4 is 0 Å². The van der Waals surface area contributed by atoms with E-state index in [9.17, 15) is 4.79 Å². The Kier molecular flexibility index (Phi) is 3.94. The summed E-state index contributed by atoms with van der Waals surface area (Å²) in [5.41, 5.74) is 2.04. The topological polar surface area (TPSA) is 17.1 Å². The van der Waals surface area contributed by atoms with Crippen molar-refractivity contribution in [2.75, 3.05) is 0 Å². The van der Waals surface area contributed by atoms with Gasteiger partial charge in [0.05, 0.1) is 0 Å². The summed E-state index contributed by atoms with van der Waals surface area (Å²) >= 11 is 9.12. The normalized spacial score (nSPS) is 10.1. The number of Topliss-reactive ketones (excluding diaryl/α,β-unsaturated/α-hetero) is 1. The van der Waals surface area contributed by atoms with Crippen LogP contribution in [0.25, 0.3) is 0 Å². The maximum absolute atomic E-state index is 10.9. The number of halogens is 2. The minimum Gasteiger partial charge on any atom is -0.300 e. The Bertz CT molecular complexity index is 323. The molecule has 1 aromatic rings. The summed E-state index contributed by atoms with van der Waals surface area (Å²) < 4.78 is 0.996. The van der Waals surface area contributed by atoms with Gasteiger partial charge in [0, 0.05) is 16.8 Å². The Morgan fingerprint density at radius 1 is 1.46 bits per heavy atom. The Hall–Kier alpha value is -0.340. The van der Waals surface area contributed by atoms with Gasteiger partial charge in [-0.05, 0) is 30.2 Å².